The molecule has 2 N–H and O–H groups in total. The third-order valence-corrected chi connectivity index (χ3v) is 4.84. The fraction of sp³-hybridized carbons (Fsp3) is 0.500. The number of carboxylic acid groups (broad SMARTS) is 1. The van der Waals surface area contributed by atoms with E-state index in [1.54, 1.807) is 31.4 Å². The Kier molecular flexibility index (Phi) is 3.57. The Hall–Kier alpha value is -2.04. The Bertz CT molecular complexity index is 571. The summed E-state index contributed by atoms with van der Waals surface area (Å²) in [5.41, 5.74) is 0.645. The van der Waals surface area contributed by atoms with Crippen molar-refractivity contribution in [2.24, 2.45) is 23.7 Å². The molecule has 0 saturated heterocycles. The summed E-state index contributed by atoms with van der Waals surface area (Å²) in [5.74, 6) is -0.927. The summed E-state index contributed by atoms with van der Waals surface area (Å²) in [6, 6.07) is 7.11. The Labute approximate surface area is 123 Å². The van der Waals surface area contributed by atoms with Crippen molar-refractivity contribution in [2.45, 2.75) is 19.3 Å². The monoisotopic (exact) mass is 289 g/mol. The number of fused-ring (bicyclic) bond motifs is 2. The molecular formula is C16H19NO4. The van der Waals surface area contributed by atoms with E-state index in [-0.39, 0.29) is 17.7 Å². The number of carbonyl (C=O) groups is 2. The van der Waals surface area contributed by atoms with Crippen LogP contribution in [-0.4, -0.2) is 24.1 Å². The molecular weight excluding hydrogens is 270 g/mol. The number of ether oxygens (including phenoxy) is 1. The van der Waals surface area contributed by atoms with Gasteiger partial charge in [0.15, 0.2) is 0 Å². The lowest BCUT2D eigenvalue weighted by Crippen LogP contribution is -2.37. The minimum Gasteiger partial charge on any atom is -0.497 e. The zero-order chi connectivity index (χ0) is 15.0. The lowest BCUT2D eigenvalue weighted by Gasteiger charge is -2.27. The quantitative estimate of drug-likeness (QED) is 0.892. The minimum absolute atomic E-state index is 0.161. The van der Waals surface area contributed by atoms with Crippen LogP contribution >= 0.6 is 0 Å². The molecule has 4 atom stereocenters. The fourth-order valence-corrected chi connectivity index (χ4v) is 3.95. The maximum absolute atomic E-state index is 12.5. The lowest BCUT2D eigenvalue weighted by atomic mass is 9.78. The average Bonchev–Trinajstić information content (AvgIpc) is 3.07. The van der Waals surface area contributed by atoms with E-state index in [2.05, 4.69) is 5.32 Å². The molecule has 1 aromatic carbocycles. The highest BCUT2D eigenvalue weighted by Crippen LogP contribution is 2.52. The van der Waals surface area contributed by atoms with Crippen LogP contribution in [0.5, 0.6) is 5.75 Å². The molecule has 0 aromatic heterocycles. The van der Waals surface area contributed by atoms with Gasteiger partial charge in [-0.1, -0.05) is 6.07 Å². The SMILES string of the molecule is COc1cccc(NC(=O)[C@H]2[C@H]3CC[C@@H](C3)[C@@H]2C(=O)O)c1. The molecule has 2 saturated carbocycles. The maximum Gasteiger partial charge on any atom is 0.307 e. The highest BCUT2D eigenvalue weighted by atomic mass is 16.5. The van der Waals surface area contributed by atoms with Crippen LogP contribution in [0.25, 0.3) is 0 Å². The van der Waals surface area contributed by atoms with Crippen molar-refractivity contribution in [3.8, 4) is 5.75 Å². The van der Waals surface area contributed by atoms with Crippen LogP contribution in [0.1, 0.15) is 19.3 Å². The molecule has 21 heavy (non-hydrogen) atoms. The van der Waals surface area contributed by atoms with Crippen molar-refractivity contribution in [2.75, 3.05) is 12.4 Å². The molecule has 3 rings (SSSR count). The minimum atomic E-state index is -0.840. The van der Waals surface area contributed by atoms with Gasteiger partial charge in [0.05, 0.1) is 18.9 Å². The molecule has 0 spiro atoms. The van der Waals surface area contributed by atoms with Crippen molar-refractivity contribution in [1.82, 2.24) is 0 Å². The predicted octanol–water partition coefficient (Wildman–Crippen LogP) is 2.38. The summed E-state index contributed by atoms with van der Waals surface area (Å²) in [6.07, 6.45) is 2.77. The second-order valence-corrected chi connectivity index (χ2v) is 5.94. The number of amides is 1. The largest absolute Gasteiger partial charge is 0.497 e. The van der Waals surface area contributed by atoms with Crippen molar-refractivity contribution in [3.63, 3.8) is 0 Å². The van der Waals surface area contributed by atoms with Crippen LogP contribution < -0.4 is 10.1 Å². The first-order valence-electron chi connectivity index (χ1n) is 7.28. The standard InChI is InChI=1S/C16H19NO4/c1-21-12-4-2-3-11(8-12)17-15(18)13-9-5-6-10(7-9)14(13)16(19)20/h2-4,8-10,13-14H,5-7H2,1H3,(H,17,18)(H,19,20)/t9-,10-,13-,14-/m0/s1. The second kappa shape index (κ2) is 5.39. The molecule has 1 aromatic rings. The third-order valence-electron chi connectivity index (χ3n) is 4.84. The van der Waals surface area contributed by atoms with E-state index >= 15 is 0 Å². The molecule has 1 amide bonds. The summed E-state index contributed by atoms with van der Waals surface area (Å²) in [7, 11) is 1.57. The van der Waals surface area contributed by atoms with E-state index in [1.807, 2.05) is 0 Å². The summed E-state index contributed by atoms with van der Waals surface area (Å²) >= 11 is 0. The lowest BCUT2D eigenvalue weighted by molar-refractivity contribution is -0.148. The van der Waals surface area contributed by atoms with Crippen molar-refractivity contribution < 1.29 is 19.4 Å². The number of carboxylic acids is 1. The van der Waals surface area contributed by atoms with Gasteiger partial charge in [-0.3, -0.25) is 9.59 Å². The maximum atomic E-state index is 12.5. The first kappa shape index (κ1) is 13.9. The molecule has 2 aliphatic carbocycles. The van der Waals surface area contributed by atoms with Gasteiger partial charge in [-0.25, -0.2) is 0 Å². The summed E-state index contributed by atoms with van der Waals surface area (Å²) < 4.78 is 5.13. The van der Waals surface area contributed by atoms with Crippen molar-refractivity contribution in [1.29, 1.82) is 0 Å². The van der Waals surface area contributed by atoms with Gasteiger partial charge in [-0.05, 0) is 43.2 Å². The normalized spacial score (nSPS) is 30.1. The number of hydrogen-bond acceptors (Lipinski definition) is 3. The van der Waals surface area contributed by atoms with Crippen molar-refractivity contribution >= 4 is 17.6 Å². The summed E-state index contributed by atoms with van der Waals surface area (Å²) in [5, 5.41) is 12.2. The Morgan fingerprint density at radius 3 is 2.62 bits per heavy atom. The molecule has 2 bridgehead atoms. The number of nitrogens with one attached hydrogen (secondary N) is 1. The first-order chi connectivity index (χ1) is 10.1. The smallest absolute Gasteiger partial charge is 0.307 e. The van der Waals surface area contributed by atoms with Gasteiger partial charge in [0.25, 0.3) is 0 Å². The van der Waals surface area contributed by atoms with E-state index in [9.17, 15) is 14.7 Å². The topological polar surface area (TPSA) is 75.6 Å². The molecule has 2 aliphatic rings. The predicted molar refractivity (Wildman–Crippen MR) is 77.1 cm³/mol. The van der Waals surface area contributed by atoms with Gasteiger partial charge in [-0.2, -0.15) is 0 Å². The molecule has 0 heterocycles. The number of hydrogen-bond donors (Lipinski definition) is 2. The van der Waals surface area contributed by atoms with Crippen LogP contribution in [-0.2, 0) is 9.59 Å². The van der Waals surface area contributed by atoms with E-state index in [1.165, 1.54) is 0 Å². The first-order valence-corrected chi connectivity index (χ1v) is 7.28. The Morgan fingerprint density at radius 1 is 1.24 bits per heavy atom. The molecule has 0 radical (unpaired) electrons. The molecule has 2 fully saturated rings. The Balaban J connectivity index is 1.76. The van der Waals surface area contributed by atoms with Gasteiger partial charge in [-0.15, -0.1) is 0 Å². The van der Waals surface area contributed by atoms with Crippen LogP contribution in [0.3, 0.4) is 0 Å². The zero-order valence-corrected chi connectivity index (χ0v) is 11.9. The van der Waals surface area contributed by atoms with Crippen LogP contribution in [0.15, 0.2) is 24.3 Å². The third kappa shape index (κ3) is 2.48. The fourth-order valence-electron chi connectivity index (χ4n) is 3.95. The second-order valence-electron chi connectivity index (χ2n) is 5.94. The van der Waals surface area contributed by atoms with Crippen LogP contribution in [0, 0.1) is 23.7 Å². The number of rotatable bonds is 4. The number of carbonyl (C=O) groups excluding carboxylic acids is 1. The van der Waals surface area contributed by atoms with Gasteiger partial charge < -0.3 is 15.2 Å². The molecule has 5 nitrogen and oxygen atoms in total. The molecule has 5 heteroatoms. The van der Waals surface area contributed by atoms with Crippen molar-refractivity contribution in [3.05, 3.63) is 24.3 Å². The Morgan fingerprint density at radius 2 is 1.95 bits per heavy atom. The van der Waals surface area contributed by atoms with E-state index in [4.69, 9.17) is 4.74 Å². The van der Waals surface area contributed by atoms with Crippen LogP contribution in [0.4, 0.5) is 5.69 Å². The number of anilines is 1. The summed E-state index contributed by atoms with van der Waals surface area (Å²) in [6.45, 7) is 0. The average molecular weight is 289 g/mol. The zero-order valence-electron chi connectivity index (χ0n) is 11.9. The van der Waals surface area contributed by atoms with E-state index < -0.39 is 17.8 Å². The van der Waals surface area contributed by atoms with Gasteiger partial charge >= 0.3 is 5.97 Å². The van der Waals surface area contributed by atoms with Gasteiger partial charge in [0.2, 0.25) is 5.91 Å². The molecule has 0 aliphatic heterocycles. The highest BCUT2D eigenvalue weighted by Gasteiger charge is 2.53. The number of aliphatic carboxylic acids is 1. The summed E-state index contributed by atoms with van der Waals surface area (Å²) in [4.78, 5) is 24.0. The molecule has 112 valence electrons. The number of methoxy groups -OCH3 is 1. The highest BCUT2D eigenvalue weighted by molar-refractivity contribution is 5.96. The van der Waals surface area contributed by atoms with E-state index in [0.29, 0.717) is 11.4 Å². The molecule has 0 unspecified atom stereocenters. The van der Waals surface area contributed by atoms with Gasteiger partial charge in [0.1, 0.15) is 5.75 Å². The van der Waals surface area contributed by atoms with Crippen LogP contribution in [0.2, 0.25) is 0 Å². The van der Waals surface area contributed by atoms with Gasteiger partial charge in [0, 0.05) is 11.8 Å². The number of benzene rings is 1. The van der Waals surface area contributed by atoms with E-state index in [0.717, 1.165) is 19.3 Å².